The predicted octanol–water partition coefficient (Wildman–Crippen LogP) is 1.66. The van der Waals surface area contributed by atoms with Crippen molar-refractivity contribution in [3.63, 3.8) is 0 Å². The van der Waals surface area contributed by atoms with E-state index in [4.69, 9.17) is 0 Å². The molecule has 3 heterocycles. The molecule has 1 saturated heterocycles. The zero-order chi connectivity index (χ0) is 13.1. The minimum Gasteiger partial charge on any atom is -0.357 e. The lowest BCUT2D eigenvalue weighted by Gasteiger charge is -2.40. The molecular weight excluding hydrogens is 242 g/mol. The molecule has 1 aromatic carbocycles. The largest absolute Gasteiger partial charge is 0.357 e. The maximum Gasteiger partial charge on any atom is 0.326 e. The van der Waals surface area contributed by atoms with Gasteiger partial charge in [0.05, 0.1) is 12.5 Å². The number of rotatable bonds is 0. The first kappa shape index (κ1) is 10.6. The summed E-state index contributed by atoms with van der Waals surface area (Å²) < 4.78 is 0. The molecule has 96 valence electrons. The van der Waals surface area contributed by atoms with Crippen LogP contribution in [0.2, 0.25) is 0 Å². The number of likely N-dealkylation sites (N-methyl/N-ethyl adjacent to an activating group) is 1. The Labute approximate surface area is 109 Å². The number of hydrogen-bond acceptors (Lipinski definition) is 2. The lowest BCUT2D eigenvalue weighted by atomic mass is 9.89. The van der Waals surface area contributed by atoms with Crippen LogP contribution >= 0.6 is 0 Å². The maximum atomic E-state index is 12.3. The number of urea groups is 1. The first-order valence-corrected chi connectivity index (χ1v) is 6.33. The van der Waals surface area contributed by atoms with Crippen molar-refractivity contribution in [3.05, 3.63) is 35.5 Å². The Kier molecular flexibility index (Phi) is 1.88. The van der Waals surface area contributed by atoms with Crippen LogP contribution in [0.4, 0.5) is 4.79 Å². The van der Waals surface area contributed by atoms with Crippen molar-refractivity contribution in [3.8, 4) is 0 Å². The van der Waals surface area contributed by atoms with E-state index in [-0.39, 0.29) is 17.9 Å². The predicted molar refractivity (Wildman–Crippen MR) is 69.6 cm³/mol. The second-order valence-electron chi connectivity index (χ2n) is 5.18. The van der Waals surface area contributed by atoms with E-state index in [1.54, 1.807) is 11.9 Å². The summed E-state index contributed by atoms with van der Waals surface area (Å²) >= 11 is 0. The third kappa shape index (κ3) is 1.24. The number of aromatic nitrogens is 1. The number of nitrogens with one attached hydrogen (secondary N) is 1. The monoisotopic (exact) mass is 255 g/mol. The minimum absolute atomic E-state index is 0.105. The fourth-order valence-electron chi connectivity index (χ4n) is 3.20. The molecular formula is C14H13N3O2. The standard InChI is InChI=1S/C14H13N3O2/c1-16-13(18)9-6-17(14(16)19)7-11-12(9)8-4-2-3-5-10(8)15-11/h2-5,9,15H,6-7H2,1H3. The van der Waals surface area contributed by atoms with Crippen LogP contribution in [-0.2, 0) is 11.3 Å². The Bertz CT molecular complexity index is 719. The molecule has 3 amide bonds. The Balaban J connectivity index is 1.98. The summed E-state index contributed by atoms with van der Waals surface area (Å²) in [6, 6.07) is 7.78. The average molecular weight is 255 g/mol. The number of amides is 3. The third-order valence-corrected chi connectivity index (χ3v) is 4.11. The topological polar surface area (TPSA) is 56.4 Å². The van der Waals surface area contributed by atoms with Crippen LogP contribution < -0.4 is 0 Å². The van der Waals surface area contributed by atoms with Crippen molar-refractivity contribution in [2.45, 2.75) is 12.5 Å². The molecule has 1 N–H and O–H groups in total. The van der Waals surface area contributed by atoms with Crippen molar-refractivity contribution in [1.82, 2.24) is 14.8 Å². The number of benzene rings is 1. The smallest absolute Gasteiger partial charge is 0.326 e. The zero-order valence-corrected chi connectivity index (χ0v) is 10.5. The van der Waals surface area contributed by atoms with Crippen molar-refractivity contribution >= 4 is 22.8 Å². The first-order chi connectivity index (χ1) is 9.16. The molecule has 19 heavy (non-hydrogen) atoms. The lowest BCUT2D eigenvalue weighted by Crippen LogP contribution is -2.55. The fraction of sp³-hybridized carbons (Fsp3) is 0.286. The molecule has 5 heteroatoms. The fourth-order valence-corrected chi connectivity index (χ4v) is 3.20. The Hall–Kier alpha value is -2.30. The van der Waals surface area contributed by atoms with Crippen molar-refractivity contribution in [2.24, 2.45) is 0 Å². The van der Waals surface area contributed by atoms with Crippen LogP contribution in [-0.4, -0.2) is 40.3 Å². The van der Waals surface area contributed by atoms with Crippen LogP contribution in [0.25, 0.3) is 10.9 Å². The second kappa shape index (κ2) is 3.38. The molecule has 1 atom stereocenters. The average Bonchev–Trinajstić information content (AvgIpc) is 2.80. The Morgan fingerprint density at radius 2 is 2.05 bits per heavy atom. The summed E-state index contributed by atoms with van der Waals surface area (Å²) in [5, 5.41) is 1.10. The first-order valence-electron chi connectivity index (χ1n) is 6.33. The van der Waals surface area contributed by atoms with E-state index in [9.17, 15) is 9.59 Å². The van der Waals surface area contributed by atoms with E-state index in [0.717, 1.165) is 22.2 Å². The summed E-state index contributed by atoms with van der Waals surface area (Å²) in [5.74, 6) is -0.338. The van der Waals surface area contributed by atoms with Gasteiger partial charge in [0.2, 0.25) is 5.91 Å². The molecule has 2 aliphatic heterocycles. The zero-order valence-electron chi connectivity index (χ0n) is 10.5. The summed E-state index contributed by atoms with van der Waals surface area (Å²) in [7, 11) is 1.56. The number of fused-ring (bicyclic) bond motifs is 6. The van der Waals surface area contributed by atoms with Crippen LogP contribution in [0.1, 0.15) is 17.2 Å². The molecule has 2 aliphatic rings. The maximum absolute atomic E-state index is 12.3. The lowest BCUT2D eigenvalue weighted by molar-refractivity contribution is -0.132. The van der Waals surface area contributed by atoms with Crippen molar-refractivity contribution < 1.29 is 9.59 Å². The van der Waals surface area contributed by atoms with E-state index in [2.05, 4.69) is 4.98 Å². The number of para-hydroxylation sites is 1. The highest BCUT2D eigenvalue weighted by atomic mass is 16.2. The molecule has 0 aliphatic carbocycles. The normalized spacial score (nSPS) is 22.1. The van der Waals surface area contributed by atoms with Gasteiger partial charge >= 0.3 is 6.03 Å². The van der Waals surface area contributed by atoms with Gasteiger partial charge < -0.3 is 9.88 Å². The molecule has 5 nitrogen and oxygen atoms in total. The molecule has 1 aromatic heterocycles. The number of nitrogens with zero attached hydrogens (tertiary/aromatic N) is 2. The number of carbonyl (C=O) groups is 2. The van der Waals surface area contributed by atoms with Gasteiger partial charge in [-0.3, -0.25) is 9.69 Å². The summed E-state index contributed by atoms with van der Waals surface area (Å²) in [5.41, 5.74) is 3.09. The molecule has 1 unspecified atom stereocenters. The second-order valence-corrected chi connectivity index (χ2v) is 5.18. The van der Waals surface area contributed by atoms with Crippen molar-refractivity contribution in [2.75, 3.05) is 13.6 Å². The van der Waals surface area contributed by atoms with E-state index in [1.807, 2.05) is 24.3 Å². The Morgan fingerprint density at radius 3 is 2.89 bits per heavy atom. The van der Waals surface area contributed by atoms with Crippen LogP contribution in [0.15, 0.2) is 24.3 Å². The van der Waals surface area contributed by atoms with E-state index in [0.29, 0.717) is 13.1 Å². The molecule has 0 saturated carbocycles. The summed E-state index contributed by atoms with van der Waals surface area (Å²) in [4.78, 5) is 30.6. The van der Waals surface area contributed by atoms with Gasteiger partial charge in [-0.15, -0.1) is 0 Å². The van der Waals surface area contributed by atoms with Crippen LogP contribution in [0.3, 0.4) is 0 Å². The molecule has 0 radical (unpaired) electrons. The summed E-state index contributed by atoms with van der Waals surface area (Å²) in [6.45, 7) is 1.05. The van der Waals surface area contributed by atoms with Crippen LogP contribution in [0.5, 0.6) is 0 Å². The SMILES string of the molecule is CN1C(=O)C2CN(Cc3[nH]c4ccccc4c32)C1=O. The van der Waals surface area contributed by atoms with Gasteiger partial charge in [0.15, 0.2) is 0 Å². The number of aromatic amines is 1. The molecule has 1 fully saturated rings. The highest BCUT2D eigenvalue weighted by Crippen LogP contribution is 2.38. The van der Waals surface area contributed by atoms with Crippen molar-refractivity contribution in [1.29, 1.82) is 0 Å². The number of imide groups is 1. The van der Waals surface area contributed by atoms with Gasteiger partial charge in [0.25, 0.3) is 0 Å². The third-order valence-electron chi connectivity index (χ3n) is 4.11. The Morgan fingerprint density at radius 1 is 1.26 bits per heavy atom. The quantitative estimate of drug-likeness (QED) is 0.778. The molecule has 2 bridgehead atoms. The van der Waals surface area contributed by atoms with E-state index >= 15 is 0 Å². The number of hydrogen-bond donors (Lipinski definition) is 1. The van der Waals surface area contributed by atoms with Gasteiger partial charge in [-0.25, -0.2) is 4.79 Å². The van der Waals surface area contributed by atoms with Crippen LogP contribution in [0, 0.1) is 0 Å². The van der Waals surface area contributed by atoms with Gasteiger partial charge in [0, 0.05) is 30.2 Å². The number of carbonyl (C=O) groups excluding carboxylic acids is 2. The van der Waals surface area contributed by atoms with Gasteiger partial charge in [-0.05, 0) is 11.6 Å². The molecule has 2 aromatic rings. The summed E-state index contributed by atoms with van der Waals surface area (Å²) in [6.07, 6.45) is 0. The van der Waals surface area contributed by atoms with Gasteiger partial charge in [-0.2, -0.15) is 0 Å². The molecule has 4 rings (SSSR count). The van der Waals surface area contributed by atoms with E-state index < -0.39 is 0 Å². The van der Waals surface area contributed by atoms with E-state index in [1.165, 1.54) is 4.90 Å². The minimum atomic E-state index is -0.234. The van der Waals surface area contributed by atoms with Gasteiger partial charge in [-0.1, -0.05) is 18.2 Å². The highest BCUT2D eigenvalue weighted by molar-refractivity contribution is 6.03. The number of H-pyrrole nitrogens is 1. The highest BCUT2D eigenvalue weighted by Gasteiger charge is 2.43. The van der Waals surface area contributed by atoms with Gasteiger partial charge in [0.1, 0.15) is 0 Å². The molecule has 0 spiro atoms.